The summed E-state index contributed by atoms with van der Waals surface area (Å²) in [6.45, 7) is 2.32. The Balaban J connectivity index is 2.12. The Morgan fingerprint density at radius 2 is 1.72 bits per heavy atom. The predicted octanol–water partition coefficient (Wildman–Crippen LogP) is 3.48. The molecular weight excluding hydrogens is 224 g/mol. The number of rotatable bonds is 5. The van der Waals surface area contributed by atoms with E-state index in [4.69, 9.17) is 4.74 Å². The molecule has 0 saturated carbocycles. The van der Waals surface area contributed by atoms with Gasteiger partial charge in [0.15, 0.2) is 0 Å². The van der Waals surface area contributed by atoms with Gasteiger partial charge in [-0.1, -0.05) is 55.5 Å². The zero-order valence-electron chi connectivity index (χ0n) is 10.3. The van der Waals surface area contributed by atoms with Crippen molar-refractivity contribution >= 4 is 6.29 Å². The molecule has 0 bridgehead atoms. The van der Waals surface area contributed by atoms with Crippen LogP contribution in [0.2, 0.25) is 0 Å². The van der Waals surface area contributed by atoms with E-state index in [0.717, 1.165) is 16.9 Å². The van der Waals surface area contributed by atoms with Crippen molar-refractivity contribution in [2.24, 2.45) is 0 Å². The van der Waals surface area contributed by atoms with E-state index >= 15 is 0 Å². The van der Waals surface area contributed by atoms with Crippen LogP contribution in [-0.2, 0) is 11.4 Å². The minimum atomic E-state index is -0.267. The summed E-state index contributed by atoms with van der Waals surface area (Å²) >= 11 is 0. The van der Waals surface area contributed by atoms with E-state index in [2.05, 4.69) is 0 Å². The maximum atomic E-state index is 10.8. The number of ether oxygens (including phenoxy) is 1. The average molecular weight is 239 g/mol. The smallest absolute Gasteiger partial charge is 0.206 e. The van der Waals surface area contributed by atoms with Gasteiger partial charge >= 0.3 is 0 Å². The van der Waals surface area contributed by atoms with Crippen LogP contribution in [0.1, 0.15) is 24.0 Å². The predicted molar refractivity (Wildman–Crippen MR) is 71.3 cm³/mol. The number of hydrogen-bond donors (Lipinski definition) is 0. The van der Waals surface area contributed by atoms with E-state index in [9.17, 15) is 4.79 Å². The van der Waals surface area contributed by atoms with Crippen molar-refractivity contribution in [3.63, 3.8) is 0 Å². The summed E-state index contributed by atoms with van der Waals surface area (Å²) in [5, 5.41) is 0. The van der Waals surface area contributed by atoms with Gasteiger partial charge in [0, 0.05) is 5.56 Å². The van der Waals surface area contributed by atoms with Crippen LogP contribution in [0.15, 0.2) is 54.6 Å². The molecule has 1 radical (unpaired) electrons. The second kappa shape index (κ2) is 6.01. The molecule has 18 heavy (non-hydrogen) atoms. The molecule has 0 saturated heterocycles. The van der Waals surface area contributed by atoms with Gasteiger partial charge in [0.25, 0.3) is 0 Å². The summed E-state index contributed by atoms with van der Waals surface area (Å²) in [5.74, 6) is 0.481. The van der Waals surface area contributed by atoms with E-state index in [0.29, 0.717) is 6.61 Å². The molecule has 0 aliphatic carbocycles. The van der Waals surface area contributed by atoms with Crippen molar-refractivity contribution in [2.75, 3.05) is 0 Å². The monoisotopic (exact) mass is 239 g/mol. The van der Waals surface area contributed by atoms with Crippen molar-refractivity contribution in [1.82, 2.24) is 0 Å². The highest BCUT2D eigenvalue weighted by molar-refractivity contribution is 5.64. The molecule has 0 N–H and O–H groups in total. The quantitative estimate of drug-likeness (QED) is 0.798. The van der Waals surface area contributed by atoms with E-state index in [-0.39, 0.29) is 5.92 Å². The molecule has 1 atom stereocenters. The number of hydrogen-bond acceptors (Lipinski definition) is 2. The second-order valence-corrected chi connectivity index (χ2v) is 4.15. The fraction of sp³-hybridized carbons (Fsp3) is 0.188. The molecule has 0 fully saturated rings. The Hall–Kier alpha value is -2.09. The first-order valence-electron chi connectivity index (χ1n) is 5.94. The molecule has 0 spiro atoms. The summed E-state index contributed by atoms with van der Waals surface area (Å²) < 4.78 is 5.77. The molecule has 2 aromatic rings. The molecule has 0 aliphatic rings. The van der Waals surface area contributed by atoms with E-state index < -0.39 is 0 Å². The van der Waals surface area contributed by atoms with Gasteiger partial charge in [-0.25, -0.2) is 0 Å². The van der Waals surface area contributed by atoms with Crippen LogP contribution >= 0.6 is 0 Å². The maximum Gasteiger partial charge on any atom is 0.206 e. The Morgan fingerprint density at radius 1 is 1.06 bits per heavy atom. The largest absolute Gasteiger partial charge is 0.489 e. The SMILES string of the molecule is CC([C]=O)c1ccccc1OCc1ccccc1. The molecule has 2 rings (SSSR count). The number of benzene rings is 2. The van der Waals surface area contributed by atoms with Crippen molar-refractivity contribution in [2.45, 2.75) is 19.4 Å². The van der Waals surface area contributed by atoms with Crippen molar-refractivity contribution in [3.05, 3.63) is 65.7 Å². The van der Waals surface area contributed by atoms with Crippen molar-refractivity contribution in [1.29, 1.82) is 0 Å². The Bertz CT molecular complexity index is 506. The zero-order chi connectivity index (χ0) is 12.8. The normalized spacial score (nSPS) is 11.8. The summed E-state index contributed by atoms with van der Waals surface area (Å²) in [7, 11) is 0. The Kier molecular flexibility index (Phi) is 4.13. The lowest BCUT2D eigenvalue weighted by Gasteiger charge is -2.12. The van der Waals surface area contributed by atoms with Gasteiger partial charge in [-0.15, -0.1) is 0 Å². The van der Waals surface area contributed by atoms with Crippen LogP contribution < -0.4 is 4.74 Å². The third-order valence-electron chi connectivity index (χ3n) is 2.80. The molecule has 2 aromatic carbocycles. The maximum absolute atomic E-state index is 10.8. The van der Waals surface area contributed by atoms with Crippen LogP contribution in [0.3, 0.4) is 0 Å². The molecule has 91 valence electrons. The lowest BCUT2D eigenvalue weighted by molar-refractivity contribution is 0.302. The minimum absolute atomic E-state index is 0.267. The lowest BCUT2D eigenvalue weighted by Crippen LogP contribution is -2.01. The molecular formula is C16H15O2. The molecule has 2 heteroatoms. The molecule has 0 aromatic heterocycles. The Morgan fingerprint density at radius 3 is 2.44 bits per heavy atom. The molecule has 0 amide bonds. The van der Waals surface area contributed by atoms with Crippen LogP contribution in [-0.4, -0.2) is 6.29 Å². The van der Waals surface area contributed by atoms with Crippen molar-refractivity contribution in [3.8, 4) is 5.75 Å². The van der Waals surface area contributed by atoms with E-state index in [1.807, 2.05) is 67.8 Å². The highest BCUT2D eigenvalue weighted by Gasteiger charge is 2.10. The molecule has 1 unspecified atom stereocenters. The van der Waals surface area contributed by atoms with Crippen LogP contribution in [0.5, 0.6) is 5.75 Å². The fourth-order valence-corrected chi connectivity index (χ4v) is 1.77. The van der Waals surface area contributed by atoms with Gasteiger partial charge in [0.2, 0.25) is 6.29 Å². The topological polar surface area (TPSA) is 26.3 Å². The second-order valence-electron chi connectivity index (χ2n) is 4.15. The first kappa shape index (κ1) is 12.4. The average Bonchev–Trinajstić information content (AvgIpc) is 2.45. The van der Waals surface area contributed by atoms with Crippen LogP contribution in [0, 0.1) is 0 Å². The highest BCUT2D eigenvalue weighted by atomic mass is 16.5. The standard InChI is InChI=1S/C16H15O2/c1-13(11-17)15-9-5-6-10-16(15)18-12-14-7-3-2-4-8-14/h2-10,13H,12H2,1H3. The van der Waals surface area contributed by atoms with E-state index in [1.165, 1.54) is 0 Å². The minimum Gasteiger partial charge on any atom is -0.489 e. The summed E-state index contributed by atoms with van der Waals surface area (Å²) in [6.07, 6.45) is 1.99. The molecule has 0 aliphatic heterocycles. The Labute approximate surface area is 107 Å². The first-order valence-corrected chi connectivity index (χ1v) is 5.94. The molecule has 0 heterocycles. The van der Waals surface area contributed by atoms with Gasteiger partial charge in [-0.3, -0.25) is 4.79 Å². The fourth-order valence-electron chi connectivity index (χ4n) is 1.77. The van der Waals surface area contributed by atoms with Gasteiger partial charge < -0.3 is 4.74 Å². The third kappa shape index (κ3) is 2.98. The number of para-hydroxylation sites is 1. The van der Waals surface area contributed by atoms with E-state index in [1.54, 1.807) is 0 Å². The van der Waals surface area contributed by atoms with Crippen LogP contribution in [0.4, 0.5) is 0 Å². The van der Waals surface area contributed by atoms with Gasteiger partial charge in [0.05, 0.1) is 5.92 Å². The number of carbonyl (C=O) groups excluding carboxylic acids is 1. The summed E-state index contributed by atoms with van der Waals surface area (Å²) in [4.78, 5) is 10.8. The lowest BCUT2D eigenvalue weighted by atomic mass is 10.0. The van der Waals surface area contributed by atoms with Crippen LogP contribution in [0.25, 0.3) is 0 Å². The van der Waals surface area contributed by atoms with Gasteiger partial charge in [-0.2, -0.15) is 0 Å². The first-order chi connectivity index (χ1) is 8.81. The summed E-state index contributed by atoms with van der Waals surface area (Å²) in [6, 6.07) is 17.5. The zero-order valence-corrected chi connectivity index (χ0v) is 10.3. The highest BCUT2D eigenvalue weighted by Crippen LogP contribution is 2.25. The van der Waals surface area contributed by atoms with Crippen molar-refractivity contribution < 1.29 is 9.53 Å². The summed E-state index contributed by atoms with van der Waals surface area (Å²) in [5.41, 5.74) is 1.98. The van der Waals surface area contributed by atoms with Gasteiger partial charge in [0.1, 0.15) is 12.4 Å². The third-order valence-corrected chi connectivity index (χ3v) is 2.80. The molecule has 2 nitrogen and oxygen atoms in total. The van der Waals surface area contributed by atoms with Gasteiger partial charge in [-0.05, 0) is 11.6 Å².